The van der Waals surface area contributed by atoms with Crippen LogP contribution in [-0.2, 0) is 5.54 Å². The molecule has 3 nitrogen and oxygen atoms in total. The number of hydrogen-bond donors (Lipinski definition) is 1. The van der Waals surface area contributed by atoms with Gasteiger partial charge in [-0.05, 0) is 19.9 Å². The molecule has 0 amide bonds. The highest BCUT2D eigenvalue weighted by molar-refractivity contribution is 5.85. The van der Waals surface area contributed by atoms with Crippen molar-refractivity contribution >= 4 is 24.8 Å². The molecule has 1 heterocycles. The van der Waals surface area contributed by atoms with Crippen LogP contribution >= 0.6 is 24.8 Å². The van der Waals surface area contributed by atoms with Gasteiger partial charge in [0.25, 0.3) is 0 Å². The summed E-state index contributed by atoms with van der Waals surface area (Å²) in [5, 5.41) is 0. The maximum Gasteiger partial charge on any atom is 0.147 e. The number of hydrogen-bond acceptors (Lipinski definition) is 3. The molecule has 0 radical (unpaired) electrons. The summed E-state index contributed by atoms with van der Waals surface area (Å²) in [7, 11) is 0. The monoisotopic (exact) mass is 209 g/mol. The molecule has 0 aliphatic carbocycles. The lowest BCUT2D eigenvalue weighted by molar-refractivity contribution is 0.513. The first-order valence-electron chi connectivity index (χ1n) is 3.17. The van der Waals surface area contributed by atoms with Crippen LogP contribution in [0.15, 0.2) is 18.5 Å². The van der Waals surface area contributed by atoms with Gasteiger partial charge in [-0.25, -0.2) is 9.97 Å². The Kier molecular flexibility index (Phi) is 6.25. The van der Waals surface area contributed by atoms with E-state index in [0.29, 0.717) is 5.82 Å². The Morgan fingerprint density at radius 2 is 1.58 bits per heavy atom. The summed E-state index contributed by atoms with van der Waals surface area (Å²) in [6, 6.07) is 1.77. The van der Waals surface area contributed by atoms with E-state index in [9.17, 15) is 0 Å². The predicted molar refractivity (Wildman–Crippen MR) is 53.7 cm³/mol. The predicted octanol–water partition coefficient (Wildman–Crippen LogP) is 1.51. The molecule has 0 saturated heterocycles. The number of halogens is 2. The third-order valence-corrected chi connectivity index (χ3v) is 1.14. The van der Waals surface area contributed by atoms with Gasteiger partial charge in [-0.1, -0.05) is 0 Å². The molecule has 1 rings (SSSR count). The van der Waals surface area contributed by atoms with Crippen molar-refractivity contribution in [2.24, 2.45) is 5.73 Å². The molecule has 70 valence electrons. The summed E-state index contributed by atoms with van der Waals surface area (Å²) in [6.07, 6.45) is 3.38. The van der Waals surface area contributed by atoms with E-state index < -0.39 is 5.54 Å². The van der Waals surface area contributed by atoms with Crippen LogP contribution in [0.2, 0.25) is 0 Å². The van der Waals surface area contributed by atoms with E-state index in [2.05, 4.69) is 9.97 Å². The zero-order chi connectivity index (χ0) is 7.61. The van der Waals surface area contributed by atoms with Gasteiger partial charge in [0, 0.05) is 12.4 Å². The lowest BCUT2D eigenvalue weighted by atomic mass is 10.1. The largest absolute Gasteiger partial charge is 0.319 e. The molecule has 0 fully saturated rings. The van der Waals surface area contributed by atoms with Crippen LogP contribution in [-0.4, -0.2) is 9.97 Å². The molecular formula is C7H13Cl2N3. The number of aromatic nitrogens is 2. The lowest BCUT2D eigenvalue weighted by Crippen LogP contribution is -2.30. The Balaban J connectivity index is 0. The van der Waals surface area contributed by atoms with Crippen molar-refractivity contribution < 1.29 is 0 Å². The van der Waals surface area contributed by atoms with Gasteiger partial charge in [-0.2, -0.15) is 0 Å². The molecule has 0 aromatic carbocycles. The molecule has 1 aromatic heterocycles. The summed E-state index contributed by atoms with van der Waals surface area (Å²) in [6.45, 7) is 3.75. The molecular weight excluding hydrogens is 197 g/mol. The van der Waals surface area contributed by atoms with Crippen LogP contribution in [0.4, 0.5) is 0 Å². The SMILES string of the molecule is CC(C)(N)c1ncccn1.Cl.Cl. The second-order valence-electron chi connectivity index (χ2n) is 2.79. The maximum absolute atomic E-state index is 5.73. The lowest BCUT2D eigenvalue weighted by Gasteiger charge is -2.14. The Morgan fingerprint density at radius 3 is 1.83 bits per heavy atom. The molecule has 12 heavy (non-hydrogen) atoms. The van der Waals surface area contributed by atoms with Gasteiger partial charge in [-0.3, -0.25) is 0 Å². The minimum atomic E-state index is -0.429. The standard InChI is InChI=1S/C7H11N3.2ClH/c1-7(2,8)6-9-4-3-5-10-6;;/h3-5H,8H2,1-2H3;2*1H. The van der Waals surface area contributed by atoms with Gasteiger partial charge >= 0.3 is 0 Å². The van der Waals surface area contributed by atoms with Gasteiger partial charge in [0.15, 0.2) is 0 Å². The smallest absolute Gasteiger partial charge is 0.147 e. The van der Waals surface area contributed by atoms with Crippen molar-refractivity contribution in [1.29, 1.82) is 0 Å². The average Bonchev–Trinajstić information content (AvgIpc) is 1.88. The molecule has 0 saturated carbocycles. The molecule has 0 unspecified atom stereocenters. The van der Waals surface area contributed by atoms with E-state index in [-0.39, 0.29) is 24.8 Å². The Labute approximate surface area is 84.6 Å². The van der Waals surface area contributed by atoms with Crippen molar-refractivity contribution in [2.45, 2.75) is 19.4 Å². The van der Waals surface area contributed by atoms with Crippen molar-refractivity contribution in [3.05, 3.63) is 24.3 Å². The topological polar surface area (TPSA) is 51.8 Å². The first-order chi connectivity index (χ1) is 4.61. The van der Waals surface area contributed by atoms with Gasteiger partial charge in [-0.15, -0.1) is 24.8 Å². The van der Waals surface area contributed by atoms with E-state index >= 15 is 0 Å². The third kappa shape index (κ3) is 3.85. The van der Waals surface area contributed by atoms with E-state index in [4.69, 9.17) is 5.73 Å². The van der Waals surface area contributed by atoms with Crippen molar-refractivity contribution in [1.82, 2.24) is 9.97 Å². The fourth-order valence-corrected chi connectivity index (χ4v) is 0.632. The summed E-state index contributed by atoms with van der Waals surface area (Å²) in [5.74, 6) is 0.676. The molecule has 0 aliphatic heterocycles. The van der Waals surface area contributed by atoms with Crippen LogP contribution in [0, 0.1) is 0 Å². The molecule has 1 aromatic rings. The fourth-order valence-electron chi connectivity index (χ4n) is 0.632. The molecule has 2 N–H and O–H groups in total. The van der Waals surface area contributed by atoms with Gasteiger partial charge in [0.05, 0.1) is 5.54 Å². The minimum absolute atomic E-state index is 0. The van der Waals surface area contributed by atoms with Crippen LogP contribution in [0.25, 0.3) is 0 Å². The Bertz CT molecular complexity index is 208. The molecule has 5 heteroatoms. The highest BCUT2D eigenvalue weighted by Gasteiger charge is 2.15. The number of nitrogens with two attached hydrogens (primary N) is 1. The minimum Gasteiger partial charge on any atom is -0.319 e. The van der Waals surface area contributed by atoms with E-state index in [1.54, 1.807) is 18.5 Å². The van der Waals surface area contributed by atoms with Crippen LogP contribution in [0.5, 0.6) is 0 Å². The molecule has 0 spiro atoms. The zero-order valence-electron chi connectivity index (χ0n) is 7.02. The molecule has 0 bridgehead atoms. The third-order valence-electron chi connectivity index (χ3n) is 1.14. The Hall–Kier alpha value is -0.380. The average molecular weight is 210 g/mol. The summed E-state index contributed by atoms with van der Waals surface area (Å²) >= 11 is 0. The van der Waals surface area contributed by atoms with Crippen molar-refractivity contribution in [2.75, 3.05) is 0 Å². The second-order valence-corrected chi connectivity index (χ2v) is 2.79. The quantitative estimate of drug-likeness (QED) is 0.764. The highest BCUT2D eigenvalue weighted by Crippen LogP contribution is 2.08. The molecule has 0 aliphatic rings. The van der Waals surface area contributed by atoms with Crippen LogP contribution in [0.1, 0.15) is 19.7 Å². The fraction of sp³-hybridized carbons (Fsp3) is 0.429. The van der Waals surface area contributed by atoms with Gasteiger partial charge in [0.1, 0.15) is 5.82 Å². The number of rotatable bonds is 1. The zero-order valence-corrected chi connectivity index (χ0v) is 8.65. The van der Waals surface area contributed by atoms with Gasteiger partial charge < -0.3 is 5.73 Å². The first kappa shape index (κ1) is 14.2. The summed E-state index contributed by atoms with van der Waals surface area (Å²) in [5.41, 5.74) is 5.30. The molecule has 0 atom stereocenters. The van der Waals surface area contributed by atoms with E-state index in [1.807, 2.05) is 13.8 Å². The highest BCUT2D eigenvalue weighted by atomic mass is 35.5. The second kappa shape index (κ2) is 5.30. The maximum atomic E-state index is 5.73. The van der Waals surface area contributed by atoms with Gasteiger partial charge in [0.2, 0.25) is 0 Å². The first-order valence-corrected chi connectivity index (χ1v) is 3.17. The Morgan fingerprint density at radius 1 is 1.17 bits per heavy atom. The van der Waals surface area contributed by atoms with Crippen LogP contribution < -0.4 is 5.73 Å². The normalized spacial score (nSPS) is 9.58. The number of nitrogens with zero attached hydrogens (tertiary/aromatic N) is 2. The van der Waals surface area contributed by atoms with Crippen molar-refractivity contribution in [3.8, 4) is 0 Å². The summed E-state index contributed by atoms with van der Waals surface area (Å²) in [4.78, 5) is 8.03. The van der Waals surface area contributed by atoms with E-state index in [1.165, 1.54) is 0 Å². The van der Waals surface area contributed by atoms with Crippen LogP contribution in [0.3, 0.4) is 0 Å². The van der Waals surface area contributed by atoms with Crippen molar-refractivity contribution in [3.63, 3.8) is 0 Å². The van der Waals surface area contributed by atoms with E-state index in [0.717, 1.165) is 0 Å². The summed E-state index contributed by atoms with van der Waals surface area (Å²) < 4.78 is 0.